The Morgan fingerprint density at radius 1 is 1.17 bits per heavy atom. The van der Waals surface area contributed by atoms with Gasteiger partial charge in [-0.3, -0.25) is 4.79 Å². The number of anilines is 1. The number of nitrogens with one attached hydrogen (secondary N) is 1. The topological polar surface area (TPSA) is 69.0 Å². The second kappa shape index (κ2) is 9.43. The zero-order valence-electron chi connectivity index (χ0n) is 19.4. The summed E-state index contributed by atoms with van der Waals surface area (Å²) in [4.78, 5) is 15.9. The Morgan fingerprint density at radius 3 is 2.46 bits per heavy atom. The molecule has 188 valence electrons. The van der Waals surface area contributed by atoms with Gasteiger partial charge in [0, 0.05) is 0 Å². The maximum Gasteiger partial charge on any atom is 0.433 e. The number of halogens is 5. The summed E-state index contributed by atoms with van der Waals surface area (Å²) in [5.41, 5.74) is -2.29. The van der Waals surface area contributed by atoms with Crippen molar-refractivity contribution in [2.45, 2.75) is 51.7 Å². The number of ether oxygens (including phenoxy) is 1. The van der Waals surface area contributed by atoms with Crippen molar-refractivity contribution in [3.05, 3.63) is 47.4 Å². The number of benzene rings is 1. The van der Waals surface area contributed by atoms with Crippen molar-refractivity contribution in [3.8, 4) is 5.75 Å². The highest BCUT2D eigenvalue weighted by Crippen LogP contribution is 2.40. The summed E-state index contributed by atoms with van der Waals surface area (Å²) in [6, 6.07) is 3.78. The molecule has 1 aliphatic rings. The number of amides is 1. The molecule has 6 nitrogen and oxygen atoms in total. The predicted octanol–water partition coefficient (Wildman–Crippen LogP) is 6.38. The number of rotatable bonds is 5. The highest BCUT2D eigenvalue weighted by atomic mass is 19.4. The van der Waals surface area contributed by atoms with Gasteiger partial charge >= 0.3 is 6.18 Å². The van der Waals surface area contributed by atoms with Gasteiger partial charge < -0.3 is 10.1 Å². The van der Waals surface area contributed by atoms with Crippen LogP contribution in [-0.2, 0) is 6.18 Å². The number of carbonyl (C=O) groups is 1. The highest BCUT2D eigenvalue weighted by molar-refractivity contribution is 6.05. The summed E-state index contributed by atoms with van der Waals surface area (Å²) >= 11 is 0. The third kappa shape index (κ3) is 4.81. The molecular weight excluding hydrogens is 471 g/mol. The van der Waals surface area contributed by atoms with Crippen LogP contribution in [0.5, 0.6) is 5.75 Å². The molecule has 1 saturated carbocycles. The van der Waals surface area contributed by atoms with E-state index in [1.54, 1.807) is 0 Å². The van der Waals surface area contributed by atoms with Crippen LogP contribution in [0.3, 0.4) is 0 Å². The number of fused-ring (bicyclic) bond motifs is 1. The fourth-order valence-corrected chi connectivity index (χ4v) is 4.60. The summed E-state index contributed by atoms with van der Waals surface area (Å²) < 4.78 is 75.7. The minimum atomic E-state index is -4.75. The normalized spacial score (nSPS) is 18.8. The largest absolute Gasteiger partial charge is 0.491 e. The Kier molecular flexibility index (Phi) is 6.70. The number of hydrogen-bond acceptors (Lipinski definition) is 4. The molecule has 0 saturated heterocycles. The quantitative estimate of drug-likeness (QED) is 0.417. The molecule has 0 aliphatic heterocycles. The second-order valence-corrected chi connectivity index (χ2v) is 9.08. The van der Waals surface area contributed by atoms with Crippen LogP contribution in [0, 0.1) is 23.6 Å². The van der Waals surface area contributed by atoms with Gasteiger partial charge in [0.2, 0.25) is 5.95 Å². The van der Waals surface area contributed by atoms with E-state index in [2.05, 4.69) is 29.2 Å². The monoisotopic (exact) mass is 496 g/mol. The predicted molar refractivity (Wildman–Crippen MR) is 119 cm³/mol. The van der Waals surface area contributed by atoms with Crippen LogP contribution >= 0.6 is 0 Å². The first-order valence-electron chi connectivity index (χ1n) is 11.3. The summed E-state index contributed by atoms with van der Waals surface area (Å²) in [7, 11) is 1.16. The van der Waals surface area contributed by atoms with Gasteiger partial charge in [-0.15, -0.1) is 0 Å². The molecule has 11 heteroatoms. The summed E-state index contributed by atoms with van der Waals surface area (Å²) in [6.07, 6.45) is -1.51. The number of aromatic nitrogens is 3. The lowest BCUT2D eigenvalue weighted by Gasteiger charge is -2.31. The van der Waals surface area contributed by atoms with E-state index >= 15 is 8.78 Å². The second-order valence-electron chi connectivity index (χ2n) is 9.08. The van der Waals surface area contributed by atoms with Gasteiger partial charge in [0.05, 0.1) is 24.2 Å². The van der Waals surface area contributed by atoms with Crippen molar-refractivity contribution in [3.63, 3.8) is 0 Å². The van der Waals surface area contributed by atoms with Crippen molar-refractivity contribution in [1.82, 2.24) is 14.8 Å². The maximum atomic E-state index is 15.4. The van der Waals surface area contributed by atoms with Crippen LogP contribution < -0.4 is 10.1 Å². The molecule has 0 unspecified atom stereocenters. The lowest BCUT2D eigenvalue weighted by atomic mass is 9.80. The minimum Gasteiger partial charge on any atom is -0.491 e. The first kappa shape index (κ1) is 24.9. The van der Waals surface area contributed by atoms with Crippen LogP contribution in [0.15, 0.2) is 24.3 Å². The molecule has 3 aromatic rings. The van der Waals surface area contributed by atoms with Gasteiger partial charge in [-0.2, -0.15) is 22.7 Å². The molecule has 1 N–H and O–H groups in total. The lowest BCUT2D eigenvalue weighted by Crippen LogP contribution is -2.22. The molecule has 2 heterocycles. The first-order valence-corrected chi connectivity index (χ1v) is 11.3. The van der Waals surface area contributed by atoms with Gasteiger partial charge in [-0.25, -0.2) is 14.1 Å². The zero-order valence-corrected chi connectivity index (χ0v) is 19.4. The average molecular weight is 496 g/mol. The summed E-state index contributed by atoms with van der Waals surface area (Å²) in [6.45, 7) is 4.31. The summed E-state index contributed by atoms with van der Waals surface area (Å²) in [5.74, 6) is -2.11. The number of pyridine rings is 1. The van der Waals surface area contributed by atoms with Gasteiger partial charge in [-0.1, -0.05) is 19.9 Å². The van der Waals surface area contributed by atoms with E-state index in [4.69, 9.17) is 4.74 Å². The van der Waals surface area contributed by atoms with Crippen molar-refractivity contribution >= 4 is 22.5 Å². The van der Waals surface area contributed by atoms with E-state index in [1.165, 1.54) is 10.7 Å². The van der Waals surface area contributed by atoms with E-state index < -0.39 is 41.0 Å². The molecule has 35 heavy (non-hydrogen) atoms. The molecule has 4 rings (SSSR count). The molecular formula is C24H25F5N4O2. The minimum absolute atomic E-state index is 0.165. The number of nitrogens with zero attached hydrogens (tertiary/aromatic N) is 3. The van der Waals surface area contributed by atoms with E-state index in [-0.39, 0.29) is 22.6 Å². The van der Waals surface area contributed by atoms with E-state index in [0.717, 1.165) is 38.2 Å². The Hall–Kier alpha value is -3.24. The molecule has 0 atom stereocenters. The third-order valence-corrected chi connectivity index (χ3v) is 6.58. The Bertz CT molecular complexity index is 1250. The van der Waals surface area contributed by atoms with Crippen molar-refractivity contribution in [1.29, 1.82) is 0 Å². The maximum absolute atomic E-state index is 15.4. The van der Waals surface area contributed by atoms with Gasteiger partial charge in [0.1, 0.15) is 16.9 Å². The van der Waals surface area contributed by atoms with Crippen LogP contribution in [0.4, 0.5) is 27.6 Å². The lowest BCUT2D eigenvalue weighted by molar-refractivity contribution is -0.141. The Morgan fingerprint density at radius 2 is 1.86 bits per heavy atom. The first-order chi connectivity index (χ1) is 16.5. The van der Waals surface area contributed by atoms with E-state index in [1.807, 2.05) is 0 Å². The smallest absolute Gasteiger partial charge is 0.433 e. The Labute approximate surface area is 198 Å². The number of alkyl halides is 3. The number of methoxy groups -OCH3 is 1. The SMILES string of the molecule is COc1c(NC(=O)c2cccc(C(F)(F)F)n2)cc2c(F)n(C3CCC(C(C)C)CC3)nc2c1F. The van der Waals surface area contributed by atoms with Gasteiger partial charge in [0.25, 0.3) is 5.91 Å². The molecule has 0 bridgehead atoms. The molecule has 1 fully saturated rings. The zero-order chi connectivity index (χ0) is 25.5. The van der Waals surface area contributed by atoms with Gasteiger partial charge in [-0.05, 0) is 55.7 Å². The van der Waals surface area contributed by atoms with E-state index in [0.29, 0.717) is 24.7 Å². The van der Waals surface area contributed by atoms with Crippen LogP contribution in [0.1, 0.15) is 61.8 Å². The molecule has 1 amide bonds. The highest BCUT2D eigenvalue weighted by Gasteiger charge is 2.33. The summed E-state index contributed by atoms with van der Waals surface area (Å²) in [5, 5.41) is 6.29. The fraction of sp³-hybridized carbons (Fsp3) is 0.458. The van der Waals surface area contributed by atoms with Gasteiger partial charge in [0.15, 0.2) is 11.6 Å². The Balaban J connectivity index is 1.67. The third-order valence-electron chi connectivity index (χ3n) is 6.58. The van der Waals surface area contributed by atoms with Crippen molar-refractivity contribution < 1.29 is 31.5 Å². The number of hydrogen-bond donors (Lipinski definition) is 1. The molecule has 0 spiro atoms. The molecule has 1 aliphatic carbocycles. The van der Waals surface area contributed by atoms with Crippen LogP contribution in [0.25, 0.3) is 10.9 Å². The molecule has 1 aromatic carbocycles. The fourth-order valence-electron chi connectivity index (χ4n) is 4.60. The number of carbonyl (C=O) groups excluding carboxylic acids is 1. The molecule has 0 radical (unpaired) electrons. The van der Waals surface area contributed by atoms with Crippen LogP contribution in [-0.4, -0.2) is 27.8 Å². The average Bonchev–Trinajstić information content (AvgIpc) is 3.15. The molecule has 2 aromatic heterocycles. The van der Waals surface area contributed by atoms with Crippen molar-refractivity contribution in [2.24, 2.45) is 11.8 Å². The van der Waals surface area contributed by atoms with Crippen molar-refractivity contribution in [2.75, 3.05) is 12.4 Å². The van der Waals surface area contributed by atoms with Crippen LogP contribution in [0.2, 0.25) is 0 Å². The standard InChI is InChI=1S/C24H25F5N4O2/c1-12(2)13-7-9-14(10-8-13)33-22(26)15-11-17(21(35-3)19(25)20(15)32-33)31-23(34)16-5-4-6-18(30-16)24(27,28)29/h4-6,11-14H,7-10H2,1-3H3,(H,31,34). The van der Waals surface area contributed by atoms with E-state index in [9.17, 15) is 18.0 Å².